The number of alkyl halides is 1. The van der Waals surface area contributed by atoms with Crippen LogP contribution in [-0.4, -0.2) is 5.38 Å². The maximum absolute atomic E-state index is 5.94. The van der Waals surface area contributed by atoms with E-state index in [1.165, 1.54) is 32.1 Å². The first-order valence-electron chi connectivity index (χ1n) is 3.97. The fourth-order valence-electron chi connectivity index (χ4n) is 1.53. The van der Waals surface area contributed by atoms with Crippen molar-refractivity contribution in [1.29, 1.82) is 0 Å². The molecule has 0 aliphatic heterocycles. The van der Waals surface area contributed by atoms with Crippen molar-refractivity contribution in [3.05, 3.63) is 0 Å². The normalized spacial score (nSPS) is 36.7. The molecule has 1 saturated carbocycles. The molecule has 0 heterocycles. The second-order valence-corrected chi connectivity index (χ2v) is 3.64. The standard InChI is InChI=1S/C8H15Cl/c1-2-7-3-5-8(9)6-4-7/h7-8H,2-6H2,1H3. The summed E-state index contributed by atoms with van der Waals surface area (Å²) in [5.41, 5.74) is 0. The van der Waals surface area contributed by atoms with Gasteiger partial charge in [-0.05, 0) is 31.6 Å². The first kappa shape index (κ1) is 7.40. The van der Waals surface area contributed by atoms with Crippen LogP contribution in [0.3, 0.4) is 0 Å². The molecule has 0 aromatic carbocycles. The average molecular weight is 147 g/mol. The Balaban J connectivity index is 2.18. The molecule has 1 rings (SSSR count). The van der Waals surface area contributed by atoms with Crippen molar-refractivity contribution < 1.29 is 0 Å². The third-order valence-electron chi connectivity index (χ3n) is 2.35. The van der Waals surface area contributed by atoms with E-state index in [4.69, 9.17) is 11.6 Å². The fourth-order valence-corrected chi connectivity index (χ4v) is 1.78. The van der Waals surface area contributed by atoms with E-state index in [9.17, 15) is 0 Å². The van der Waals surface area contributed by atoms with E-state index in [0.29, 0.717) is 5.38 Å². The van der Waals surface area contributed by atoms with Crippen LogP contribution in [0.15, 0.2) is 0 Å². The molecule has 0 amide bonds. The molecule has 0 N–H and O–H groups in total. The number of halogens is 1. The lowest BCUT2D eigenvalue weighted by Crippen LogP contribution is -2.13. The second-order valence-electron chi connectivity index (χ2n) is 3.03. The van der Waals surface area contributed by atoms with Gasteiger partial charge in [-0.15, -0.1) is 11.6 Å². The molecule has 1 aliphatic carbocycles. The molecule has 0 bridgehead atoms. The molecule has 1 aliphatic rings. The Hall–Kier alpha value is 0.290. The topological polar surface area (TPSA) is 0 Å². The largest absolute Gasteiger partial charge is 0.123 e. The van der Waals surface area contributed by atoms with Gasteiger partial charge in [0.05, 0.1) is 0 Å². The van der Waals surface area contributed by atoms with Gasteiger partial charge in [0.1, 0.15) is 0 Å². The molecule has 0 nitrogen and oxygen atoms in total. The first-order valence-corrected chi connectivity index (χ1v) is 4.40. The maximum atomic E-state index is 5.94. The summed E-state index contributed by atoms with van der Waals surface area (Å²) in [6.45, 7) is 2.28. The zero-order valence-corrected chi connectivity index (χ0v) is 6.82. The highest BCUT2D eigenvalue weighted by atomic mass is 35.5. The molecule has 1 fully saturated rings. The Kier molecular flexibility index (Phi) is 2.84. The monoisotopic (exact) mass is 146 g/mol. The van der Waals surface area contributed by atoms with Gasteiger partial charge in [-0.2, -0.15) is 0 Å². The number of rotatable bonds is 1. The predicted molar refractivity (Wildman–Crippen MR) is 41.9 cm³/mol. The lowest BCUT2D eigenvalue weighted by atomic mass is 9.87. The molecule has 0 radical (unpaired) electrons. The van der Waals surface area contributed by atoms with Gasteiger partial charge in [-0.25, -0.2) is 0 Å². The van der Waals surface area contributed by atoms with Crippen LogP contribution >= 0.6 is 11.6 Å². The van der Waals surface area contributed by atoms with E-state index in [2.05, 4.69) is 6.92 Å². The van der Waals surface area contributed by atoms with Crippen molar-refractivity contribution in [2.75, 3.05) is 0 Å². The van der Waals surface area contributed by atoms with Gasteiger partial charge < -0.3 is 0 Å². The second kappa shape index (κ2) is 3.46. The van der Waals surface area contributed by atoms with Gasteiger partial charge in [-0.3, -0.25) is 0 Å². The van der Waals surface area contributed by atoms with Gasteiger partial charge in [0, 0.05) is 5.38 Å². The molecule has 0 aromatic heterocycles. The van der Waals surface area contributed by atoms with Crippen LogP contribution in [0, 0.1) is 5.92 Å². The molecule has 0 aromatic rings. The van der Waals surface area contributed by atoms with Crippen LogP contribution in [0.2, 0.25) is 0 Å². The zero-order valence-electron chi connectivity index (χ0n) is 6.07. The molecular formula is C8H15Cl. The molecule has 0 atom stereocenters. The van der Waals surface area contributed by atoms with Gasteiger partial charge in [0.25, 0.3) is 0 Å². The Bertz CT molecular complexity index is 72.6. The van der Waals surface area contributed by atoms with Crippen molar-refractivity contribution in [3.63, 3.8) is 0 Å². The SMILES string of the molecule is CCC1CCC(Cl)CC1. The molecule has 54 valence electrons. The third kappa shape index (κ3) is 2.17. The summed E-state index contributed by atoms with van der Waals surface area (Å²) in [5, 5.41) is 0.493. The molecular weight excluding hydrogens is 132 g/mol. The van der Waals surface area contributed by atoms with Crippen LogP contribution in [0.25, 0.3) is 0 Å². The molecule has 0 unspecified atom stereocenters. The summed E-state index contributed by atoms with van der Waals surface area (Å²) < 4.78 is 0. The minimum Gasteiger partial charge on any atom is -0.123 e. The highest BCUT2D eigenvalue weighted by Gasteiger charge is 2.17. The van der Waals surface area contributed by atoms with Crippen molar-refractivity contribution in [1.82, 2.24) is 0 Å². The van der Waals surface area contributed by atoms with Gasteiger partial charge in [-0.1, -0.05) is 13.3 Å². The minimum absolute atomic E-state index is 0.493. The van der Waals surface area contributed by atoms with E-state index < -0.39 is 0 Å². The Morgan fingerprint density at radius 3 is 2.22 bits per heavy atom. The summed E-state index contributed by atoms with van der Waals surface area (Å²) in [5.74, 6) is 0.986. The van der Waals surface area contributed by atoms with E-state index in [0.717, 1.165) is 5.92 Å². The summed E-state index contributed by atoms with van der Waals surface area (Å²) in [7, 11) is 0. The first-order chi connectivity index (χ1) is 4.33. The number of hydrogen-bond donors (Lipinski definition) is 0. The quantitative estimate of drug-likeness (QED) is 0.499. The van der Waals surface area contributed by atoms with Crippen LogP contribution < -0.4 is 0 Å². The summed E-state index contributed by atoms with van der Waals surface area (Å²) >= 11 is 5.94. The fraction of sp³-hybridized carbons (Fsp3) is 1.00. The van der Waals surface area contributed by atoms with E-state index >= 15 is 0 Å². The Labute approximate surface area is 62.6 Å². The maximum Gasteiger partial charge on any atom is 0.0336 e. The van der Waals surface area contributed by atoms with Crippen LogP contribution in [0.4, 0.5) is 0 Å². The lowest BCUT2D eigenvalue weighted by Gasteiger charge is -2.23. The van der Waals surface area contributed by atoms with Crippen molar-refractivity contribution >= 4 is 11.6 Å². The Morgan fingerprint density at radius 1 is 1.22 bits per heavy atom. The lowest BCUT2D eigenvalue weighted by molar-refractivity contribution is 0.353. The van der Waals surface area contributed by atoms with Crippen molar-refractivity contribution in [2.45, 2.75) is 44.4 Å². The smallest absolute Gasteiger partial charge is 0.0336 e. The Morgan fingerprint density at radius 2 is 1.78 bits per heavy atom. The van der Waals surface area contributed by atoms with Crippen molar-refractivity contribution in [3.8, 4) is 0 Å². The van der Waals surface area contributed by atoms with E-state index in [-0.39, 0.29) is 0 Å². The molecule has 0 spiro atoms. The summed E-state index contributed by atoms with van der Waals surface area (Å²) in [6, 6.07) is 0. The van der Waals surface area contributed by atoms with Crippen LogP contribution in [0.5, 0.6) is 0 Å². The predicted octanol–water partition coefficient (Wildman–Crippen LogP) is 3.19. The molecule has 9 heavy (non-hydrogen) atoms. The molecule has 1 heteroatoms. The molecule has 0 saturated heterocycles. The summed E-state index contributed by atoms with van der Waals surface area (Å²) in [4.78, 5) is 0. The van der Waals surface area contributed by atoms with Crippen molar-refractivity contribution in [2.24, 2.45) is 5.92 Å². The highest BCUT2D eigenvalue weighted by Crippen LogP contribution is 2.28. The average Bonchev–Trinajstić information content (AvgIpc) is 1.90. The minimum atomic E-state index is 0.493. The van der Waals surface area contributed by atoms with E-state index in [1.807, 2.05) is 0 Å². The summed E-state index contributed by atoms with van der Waals surface area (Å²) in [6.07, 6.45) is 6.58. The number of hydrogen-bond acceptors (Lipinski definition) is 0. The van der Waals surface area contributed by atoms with Crippen LogP contribution in [0.1, 0.15) is 39.0 Å². The van der Waals surface area contributed by atoms with Gasteiger partial charge in [0.15, 0.2) is 0 Å². The van der Waals surface area contributed by atoms with E-state index in [1.54, 1.807) is 0 Å². The third-order valence-corrected chi connectivity index (χ3v) is 2.79. The highest BCUT2D eigenvalue weighted by molar-refractivity contribution is 6.20. The zero-order chi connectivity index (χ0) is 6.69. The van der Waals surface area contributed by atoms with Crippen LogP contribution in [-0.2, 0) is 0 Å². The van der Waals surface area contributed by atoms with Gasteiger partial charge >= 0.3 is 0 Å². The van der Waals surface area contributed by atoms with Gasteiger partial charge in [0.2, 0.25) is 0 Å².